The van der Waals surface area contributed by atoms with Gasteiger partial charge in [0.05, 0.1) is 0 Å². The van der Waals surface area contributed by atoms with Crippen LogP contribution in [0.3, 0.4) is 0 Å². The summed E-state index contributed by atoms with van der Waals surface area (Å²) in [7, 11) is 0. The third-order valence-corrected chi connectivity index (χ3v) is 1.71. The van der Waals surface area contributed by atoms with Crippen molar-refractivity contribution in [2.75, 3.05) is 6.54 Å². The van der Waals surface area contributed by atoms with Crippen LogP contribution in [0, 0.1) is 13.8 Å². The number of carbonyl (C=O) groups is 1. The van der Waals surface area contributed by atoms with E-state index in [9.17, 15) is 4.79 Å². The summed E-state index contributed by atoms with van der Waals surface area (Å²) in [5.41, 5.74) is 0. The van der Waals surface area contributed by atoms with Crippen molar-refractivity contribution in [2.45, 2.75) is 32.7 Å². The third-order valence-electron chi connectivity index (χ3n) is 1.71. The van der Waals surface area contributed by atoms with E-state index in [0.29, 0.717) is 6.54 Å². The second-order valence-corrected chi connectivity index (χ2v) is 2.65. The van der Waals surface area contributed by atoms with Crippen LogP contribution in [0.4, 0.5) is 0 Å². The SMILES string of the molecule is [CH2-]CN(C(C)=O)C([CH2-])CCC.[Y]. The molecule has 1 unspecified atom stereocenters. The average molecular weight is 244 g/mol. The summed E-state index contributed by atoms with van der Waals surface area (Å²) < 4.78 is 0. The maximum Gasteiger partial charge on any atom is 0.214 e. The van der Waals surface area contributed by atoms with Gasteiger partial charge in [-0.2, -0.15) is 0 Å². The summed E-state index contributed by atoms with van der Waals surface area (Å²) in [4.78, 5) is 12.6. The molecule has 0 aromatic carbocycles. The minimum Gasteiger partial charge on any atom is -0.400 e. The molecule has 0 saturated heterocycles. The molecule has 0 aliphatic rings. The molecule has 0 heterocycles. The number of hydrogen-bond acceptors (Lipinski definition) is 1. The summed E-state index contributed by atoms with van der Waals surface area (Å²) in [5.74, 6) is 0.0634. The zero-order valence-corrected chi connectivity index (χ0v) is 10.9. The van der Waals surface area contributed by atoms with E-state index in [0.717, 1.165) is 12.8 Å². The van der Waals surface area contributed by atoms with Gasteiger partial charge in [-0.05, 0) is 0 Å². The van der Waals surface area contributed by atoms with Gasteiger partial charge >= 0.3 is 0 Å². The fourth-order valence-electron chi connectivity index (χ4n) is 1.09. The van der Waals surface area contributed by atoms with Gasteiger partial charge in [0.2, 0.25) is 5.91 Å². The Labute approximate surface area is 101 Å². The van der Waals surface area contributed by atoms with E-state index >= 15 is 0 Å². The average Bonchev–Trinajstić information content (AvgIpc) is 1.88. The molecule has 2 nitrogen and oxygen atoms in total. The van der Waals surface area contributed by atoms with Crippen LogP contribution in [0.5, 0.6) is 0 Å². The van der Waals surface area contributed by atoms with Crippen LogP contribution < -0.4 is 0 Å². The summed E-state index contributed by atoms with van der Waals surface area (Å²) >= 11 is 0. The first-order valence-electron chi connectivity index (χ1n) is 4.03. The van der Waals surface area contributed by atoms with Crippen LogP contribution in [-0.4, -0.2) is 23.4 Å². The van der Waals surface area contributed by atoms with Crippen molar-refractivity contribution in [1.82, 2.24) is 4.90 Å². The Hall–Kier alpha value is 0.574. The maximum absolute atomic E-state index is 10.9. The molecule has 12 heavy (non-hydrogen) atoms. The number of rotatable bonds is 4. The standard InChI is InChI=1S/C9H17NO.Y/c1-5-7-8(3)10(6-2)9(4)11;/h8H,2-3,5-7H2,1,4H3;/q-2;. The molecular weight excluding hydrogens is 227 g/mol. The molecule has 0 bridgehead atoms. The smallest absolute Gasteiger partial charge is 0.214 e. The van der Waals surface area contributed by atoms with Gasteiger partial charge in [0.1, 0.15) is 0 Å². The molecule has 1 amide bonds. The minimum atomic E-state index is 0. The Morgan fingerprint density at radius 1 is 1.58 bits per heavy atom. The van der Waals surface area contributed by atoms with E-state index < -0.39 is 0 Å². The van der Waals surface area contributed by atoms with Crippen LogP contribution >= 0.6 is 0 Å². The fourth-order valence-corrected chi connectivity index (χ4v) is 1.09. The zero-order valence-electron chi connectivity index (χ0n) is 8.05. The van der Waals surface area contributed by atoms with Crippen LogP contribution in [0.1, 0.15) is 26.7 Å². The van der Waals surface area contributed by atoms with Gasteiger partial charge in [0, 0.05) is 39.6 Å². The zero-order chi connectivity index (χ0) is 8.85. The topological polar surface area (TPSA) is 20.3 Å². The molecule has 0 aromatic heterocycles. The predicted octanol–water partition coefficient (Wildman–Crippen LogP) is 1.67. The Balaban J connectivity index is 0. The van der Waals surface area contributed by atoms with E-state index in [1.165, 1.54) is 0 Å². The van der Waals surface area contributed by atoms with Gasteiger partial charge in [0.25, 0.3) is 0 Å². The first kappa shape index (κ1) is 15.1. The van der Waals surface area contributed by atoms with Crippen LogP contribution in [0.25, 0.3) is 0 Å². The molecule has 1 radical (unpaired) electrons. The normalized spacial score (nSPS) is 11.7. The Morgan fingerprint density at radius 3 is 2.33 bits per heavy atom. The molecule has 0 aliphatic heterocycles. The van der Waals surface area contributed by atoms with Gasteiger partial charge < -0.3 is 18.7 Å². The largest absolute Gasteiger partial charge is 0.400 e. The van der Waals surface area contributed by atoms with Gasteiger partial charge in [-0.25, -0.2) is 0 Å². The molecular formula is C9H17NOY-2. The van der Waals surface area contributed by atoms with E-state index in [1.807, 2.05) is 0 Å². The van der Waals surface area contributed by atoms with Crippen molar-refractivity contribution < 1.29 is 37.5 Å². The van der Waals surface area contributed by atoms with Crippen LogP contribution in [-0.2, 0) is 37.5 Å². The minimum absolute atomic E-state index is 0. The van der Waals surface area contributed by atoms with E-state index in [2.05, 4.69) is 20.8 Å². The Bertz CT molecular complexity index is 128. The third kappa shape index (κ3) is 5.26. The van der Waals surface area contributed by atoms with Crippen LogP contribution in [0.2, 0.25) is 0 Å². The second-order valence-electron chi connectivity index (χ2n) is 2.65. The molecule has 1 atom stereocenters. The van der Waals surface area contributed by atoms with E-state index in [4.69, 9.17) is 0 Å². The molecule has 3 heteroatoms. The molecule has 0 saturated carbocycles. The summed E-state index contributed by atoms with van der Waals surface area (Å²) in [5, 5.41) is 0. The van der Waals surface area contributed by atoms with Gasteiger partial charge in [-0.1, -0.05) is 25.8 Å². The number of amides is 1. The Kier molecular flexibility index (Phi) is 10.3. The first-order chi connectivity index (χ1) is 5.13. The maximum atomic E-state index is 10.9. The number of carbonyl (C=O) groups excluding carboxylic acids is 1. The van der Waals surface area contributed by atoms with Gasteiger partial charge in [0.15, 0.2) is 0 Å². The molecule has 69 valence electrons. The quantitative estimate of drug-likeness (QED) is 0.689. The van der Waals surface area contributed by atoms with Crippen molar-refractivity contribution in [2.24, 2.45) is 0 Å². The number of nitrogens with zero attached hydrogens (tertiary/aromatic N) is 1. The Morgan fingerprint density at radius 2 is 2.08 bits per heavy atom. The van der Waals surface area contributed by atoms with Crippen molar-refractivity contribution in [1.29, 1.82) is 0 Å². The number of hydrogen-bond donors (Lipinski definition) is 0. The molecule has 0 spiro atoms. The monoisotopic (exact) mass is 244 g/mol. The van der Waals surface area contributed by atoms with Crippen LogP contribution in [0.15, 0.2) is 0 Å². The molecule has 0 N–H and O–H groups in total. The van der Waals surface area contributed by atoms with Crippen molar-refractivity contribution in [3.8, 4) is 0 Å². The van der Waals surface area contributed by atoms with E-state index in [-0.39, 0.29) is 44.7 Å². The summed E-state index contributed by atoms with van der Waals surface area (Å²) in [6.45, 7) is 11.7. The first-order valence-corrected chi connectivity index (χ1v) is 4.03. The van der Waals surface area contributed by atoms with Gasteiger partial charge in [-0.15, -0.1) is 6.54 Å². The second kappa shape index (κ2) is 8.18. The van der Waals surface area contributed by atoms with Crippen molar-refractivity contribution in [3.63, 3.8) is 0 Å². The molecule has 0 rings (SSSR count). The fraction of sp³-hybridized carbons (Fsp3) is 0.667. The molecule has 0 aromatic rings. The molecule has 0 aliphatic carbocycles. The molecule has 0 fully saturated rings. The predicted molar refractivity (Wildman–Crippen MR) is 46.8 cm³/mol. The van der Waals surface area contributed by atoms with E-state index in [1.54, 1.807) is 11.8 Å². The van der Waals surface area contributed by atoms with Crippen molar-refractivity contribution in [3.05, 3.63) is 13.8 Å². The summed E-state index contributed by atoms with van der Waals surface area (Å²) in [6, 6.07) is 0.0926. The summed E-state index contributed by atoms with van der Waals surface area (Å²) in [6.07, 6.45) is 2.01. The van der Waals surface area contributed by atoms with Crippen molar-refractivity contribution >= 4 is 5.91 Å². The van der Waals surface area contributed by atoms with Gasteiger partial charge in [-0.3, -0.25) is 4.79 Å².